The van der Waals surface area contributed by atoms with Crippen LogP contribution in [0.15, 0.2) is 24.3 Å². The summed E-state index contributed by atoms with van der Waals surface area (Å²) >= 11 is 0. The van der Waals surface area contributed by atoms with E-state index in [1.807, 2.05) is 12.1 Å². The molecule has 16 heavy (non-hydrogen) atoms. The summed E-state index contributed by atoms with van der Waals surface area (Å²) in [6.07, 6.45) is 1.20. The van der Waals surface area contributed by atoms with Crippen LogP contribution in [0.1, 0.15) is 37.3 Å². The molecule has 0 fully saturated rings. The molecule has 0 saturated carbocycles. The third-order valence-electron chi connectivity index (χ3n) is 2.71. The van der Waals surface area contributed by atoms with Gasteiger partial charge in [-0.3, -0.25) is 4.79 Å². The van der Waals surface area contributed by atoms with Crippen LogP contribution in [-0.4, -0.2) is 17.1 Å². The quantitative estimate of drug-likeness (QED) is 0.800. The van der Waals surface area contributed by atoms with Crippen molar-refractivity contribution < 1.29 is 9.90 Å². The minimum absolute atomic E-state index is 0.482. The van der Waals surface area contributed by atoms with Gasteiger partial charge in [0.25, 0.3) is 0 Å². The highest BCUT2D eigenvalue weighted by Gasteiger charge is 2.10. The summed E-state index contributed by atoms with van der Waals surface area (Å²) < 4.78 is 0. The molecule has 0 radical (unpaired) electrons. The van der Waals surface area contributed by atoms with Gasteiger partial charge >= 0.3 is 5.97 Å². The lowest BCUT2D eigenvalue weighted by molar-refractivity contribution is -0.138. The lowest BCUT2D eigenvalue weighted by Crippen LogP contribution is -2.30. The van der Waals surface area contributed by atoms with Crippen LogP contribution in [0.3, 0.4) is 0 Å². The Bertz CT molecular complexity index is 343. The average Bonchev–Trinajstić information content (AvgIpc) is 2.26. The molecule has 1 atom stereocenters. The number of carboxylic acid groups (broad SMARTS) is 1. The summed E-state index contributed by atoms with van der Waals surface area (Å²) in [5, 5.41) is 8.65. The van der Waals surface area contributed by atoms with Gasteiger partial charge in [0.05, 0.1) is 0 Å². The smallest absolute Gasteiger partial charge is 0.320 e. The van der Waals surface area contributed by atoms with Crippen molar-refractivity contribution in [1.82, 2.24) is 0 Å². The first-order valence-corrected chi connectivity index (χ1v) is 5.58. The van der Waals surface area contributed by atoms with Crippen molar-refractivity contribution in [2.45, 2.75) is 38.6 Å². The lowest BCUT2D eigenvalue weighted by atomic mass is 9.99. The van der Waals surface area contributed by atoms with Crippen LogP contribution < -0.4 is 5.73 Å². The molecule has 1 aromatic rings. The number of hydrogen-bond donors (Lipinski definition) is 2. The standard InChI is InChI=1S/C13H19NO2/c1-9(2)11-6-3-10(4-7-11)5-8-12(14)13(15)16/h3-4,6-7,9,12H,5,8,14H2,1-2H3,(H,15,16)/t12-/m0/s1. The zero-order chi connectivity index (χ0) is 12.1. The maximum absolute atomic E-state index is 10.5. The van der Waals surface area contributed by atoms with E-state index in [0.717, 1.165) is 5.56 Å². The number of benzene rings is 1. The average molecular weight is 221 g/mol. The fourth-order valence-electron chi connectivity index (χ4n) is 1.51. The molecule has 0 amide bonds. The van der Waals surface area contributed by atoms with Gasteiger partial charge in [0.2, 0.25) is 0 Å². The number of carboxylic acids is 1. The van der Waals surface area contributed by atoms with Crippen LogP contribution in [0.25, 0.3) is 0 Å². The van der Waals surface area contributed by atoms with Gasteiger partial charge < -0.3 is 10.8 Å². The van der Waals surface area contributed by atoms with Crippen LogP contribution >= 0.6 is 0 Å². The lowest BCUT2D eigenvalue weighted by Gasteiger charge is -2.08. The number of hydrogen-bond acceptors (Lipinski definition) is 2. The van der Waals surface area contributed by atoms with E-state index in [0.29, 0.717) is 18.8 Å². The third kappa shape index (κ3) is 3.66. The van der Waals surface area contributed by atoms with E-state index in [2.05, 4.69) is 26.0 Å². The Balaban J connectivity index is 2.52. The van der Waals surface area contributed by atoms with E-state index in [1.54, 1.807) is 0 Å². The van der Waals surface area contributed by atoms with E-state index in [1.165, 1.54) is 5.56 Å². The molecule has 0 aliphatic rings. The summed E-state index contributed by atoms with van der Waals surface area (Å²) in [5.41, 5.74) is 7.88. The van der Waals surface area contributed by atoms with Crippen LogP contribution in [0, 0.1) is 0 Å². The summed E-state index contributed by atoms with van der Waals surface area (Å²) in [6, 6.07) is 7.51. The maximum Gasteiger partial charge on any atom is 0.320 e. The molecule has 0 bridgehead atoms. The van der Waals surface area contributed by atoms with Gasteiger partial charge in [-0.1, -0.05) is 38.1 Å². The first-order valence-electron chi connectivity index (χ1n) is 5.58. The molecule has 0 saturated heterocycles. The molecule has 3 heteroatoms. The molecule has 0 aliphatic carbocycles. The summed E-state index contributed by atoms with van der Waals surface area (Å²) in [7, 11) is 0. The minimum atomic E-state index is -0.932. The minimum Gasteiger partial charge on any atom is -0.480 e. The number of rotatable bonds is 5. The first kappa shape index (κ1) is 12.7. The number of aryl methyl sites for hydroxylation is 1. The van der Waals surface area contributed by atoms with E-state index in [4.69, 9.17) is 10.8 Å². The van der Waals surface area contributed by atoms with Crippen molar-refractivity contribution in [2.75, 3.05) is 0 Å². The highest BCUT2D eigenvalue weighted by Crippen LogP contribution is 2.15. The maximum atomic E-state index is 10.5. The van der Waals surface area contributed by atoms with E-state index >= 15 is 0 Å². The Morgan fingerprint density at radius 3 is 2.31 bits per heavy atom. The van der Waals surface area contributed by atoms with Gasteiger partial charge in [-0.15, -0.1) is 0 Å². The van der Waals surface area contributed by atoms with E-state index in [9.17, 15) is 4.79 Å². The number of nitrogens with two attached hydrogens (primary N) is 1. The van der Waals surface area contributed by atoms with Gasteiger partial charge in [-0.05, 0) is 29.9 Å². The monoisotopic (exact) mass is 221 g/mol. The van der Waals surface area contributed by atoms with Crippen LogP contribution in [-0.2, 0) is 11.2 Å². The topological polar surface area (TPSA) is 63.3 Å². The van der Waals surface area contributed by atoms with E-state index < -0.39 is 12.0 Å². The van der Waals surface area contributed by atoms with Crippen molar-refractivity contribution in [2.24, 2.45) is 5.73 Å². The Kier molecular flexibility index (Phi) is 4.50. The molecule has 0 aromatic heterocycles. The molecule has 3 N–H and O–H groups in total. The van der Waals surface area contributed by atoms with Crippen LogP contribution in [0.5, 0.6) is 0 Å². The SMILES string of the molecule is CC(C)c1ccc(CC[C@H](N)C(=O)O)cc1. The largest absolute Gasteiger partial charge is 0.480 e. The molecular weight excluding hydrogens is 202 g/mol. The normalized spacial score (nSPS) is 12.8. The fraction of sp³-hybridized carbons (Fsp3) is 0.462. The molecule has 1 aromatic carbocycles. The zero-order valence-corrected chi connectivity index (χ0v) is 9.81. The second kappa shape index (κ2) is 5.66. The Morgan fingerprint density at radius 1 is 1.31 bits per heavy atom. The summed E-state index contributed by atoms with van der Waals surface area (Å²) in [6.45, 7) is 4.30. The Hall–Kier alpha value is -1.35. The predicted octanol–water partition coefficient (Wildman–Crippen LogP) is 2.15. The summed E-state index contributed by atoms with van der Waals surface area (Å²) in [5.74, 6) is -0.408. The van der Waals surface area contributed by atoms with Gasteiger partial charge in [-0.25, -0.2) is 0 Å². The molecule has 0 heterocycles. The van der Waals surface area contributed by atoms with Gasteiger partial charge in [-0.2, -0.15) is 0 Å². The molecule has 0 spiro atoms. The zero-order valence-electron chi connectivity index (χ0n) is 9.81. The van der Waals surface area contributed by atoms with Crippen molar-refractivity contribution in [3.05, 3.63) is 35.4 Å². The van der Waals surface area contributed by atoms with Crippen molar-refractivity contribution in [3.63, 3.8) is 0 Å². The molecule has 0 unspecified atom stereocenters. The van der Waals surface area contributed by atoms with E-state index in [-0.39, 0.29) is 0 Å². The molecule has 3 nitrogen and oxygen atoms in total. The molecular formula is C13H19NO2. The molecule has 1 rings (SSSR count). The molecule has 88 valence electrons. The summed E-state index contributed by atoms with van der Waals surface area (Å²) in [4.78, 5) is 10.5. The fourth-order valence-corrected chi connectivity index (χ4v) is 1.51. The van der Waals surface area contributed by atoms with Gasteiger partial charge in [0, 0.05) is 0 Å². The number of aliphatic carboxylic acids is 1. The second-order valence-corrected chi connectivity index (χ2v) is 4.38. The third-order valence-corrected chi connectivity index (χ3v) is 2.71. The van der Waals surface area contributed by atoms with Gasteiger partial charge in [0.15, 0.2) is 0 Å². The Labute approximate surface area is 96.3 Å². The Morgan fingerprint density at radius 2 is 1.88 bits per heavy atom. The second-order valence-electron chi connectivity index (χ2n) is 4.38. The highest BCUT2D eigenvalue weighted by atomic mass is 16.4. The molecule has 0 aliphatic heterocycles. The van der Waals surface area contributed by atoms with Crippen LogP contribution in [0.4, 0.5) is 0 Å². The van der Waals surface area contributed by atoms with Crippen LogP contribution in [0.2, 0.25) is 0 Å². The predicted molar refractivity (Wildman–Crippen MR) is 64.5 cm³/mol. The van der Waals surface area contributed by atoms with Gasteiger partial charge in [0.1, 0.15) is 6.04 Å². The van der Waals surface area contributed by atoms with Crippen molar-refractivity contribution in [1.29, 1.82) is 0 Å². The highest BCUT2D eigenvalue weighted by molar-refractivity contribution is 5.73. The van der Waals surface area contributed by atoms with Crippen molar-refractivity contribution >= 4 is 5.97 Å². The number of carbonyl (C=O) groups is 1. The first-order chi connectivity index (χ1) is 7.50. The van der Waals surface area contributed by atoms with Crippen molar-refractivity contribution in [3.8, 4) is 0 Å².